The Morgan fingerprint density at radius 2 is 1.92 bits per heavy atom. The van der Waals surface area contributed by atoms with Crippen LogP contribution in [0.2, 0.25) is 0 Å². The molecule has 0 aliphatic rings. The van der Waals surface area contributed by atoms with Crippen LogP contribution < -0.4 is 4.80 Å². The first-order valence-electron chi connectivity index (χ1n) is 8.32. The standard InChI is InChI=1S/C20H20N2O3S/c1-5-22-16-9-8-14(19(24)25-4)11-17(16)26-20(22)21-18(23)15-10-12(2)6-7-13(15)3/h6-11H,5H2,1-4H3. The molecule has 3 aromatic rings. The molecule has 1 aromatic heterocycles. The molecule has 6 heteroatoms. The number of rotatable bonds is 3. The molecule has 26 heavy (non-hydrogen) atoms. The quantitative estimate of drug-likeness (QED) is 0.660. The summed E-state index contributed by atoms with van der Waals surface area (Å²) in [6, 6.07) is 11.1. The Labute approximate surface area is 155 Å². The summed E-state index contributed by atoms with van der Waals surface area (Å²) in [7, 11) is 1.36. The molecule has 3 rings (SSSR count). The summed E-state index contributed by atoms with van der Waals surface area (Å²) in [4.78, 5) is 29.4. The van der Waals surface area contributed by atoms with Gasteiger partial charge in [0.2, 0.25) is 0 Å². The molecule has 0 atom stereocenters. The van der Waals surface area contributed by atoms with Crippen molar-refractivity contribution in [3.05, 3.63) is 63.5 Å². The van der Waals surface area contributed by atoms with Gasteiger partial charge in [0, 0.05) is 12.1 Å². The first kappa shape index (κ1) is 18.1. The van der Waals surface area contributed by atoms with Gasteiger partial charge < -0.3 is 9.30 Å². The van der Waals surface area contributed by atoms with Gasteiger partial charge in [0.1, 0.15) is 0 Å². The average Bonchev–Trinajstić information content (AvgIpc) is 2.98. The van der Waals surface area contributed by atoms with Gasteiger partial charge in [0.15, 0.2) is 4.80 Å². The summed E-state index contributed by atoms with van der Waals surface area (Å²) in [5.41, 5.74) is 3.97. The Bertz CT molecular complexity index is 1080. The Morgan fingerprint density at radius 3 is 2.62 bits per heavy atom. The third-order valence-corrected chi connectivity index (χ3v) is 5.28. The molecule has 0 saturated heterocycles. The maximum Gasteiger partial charge on any atom is 0.337 e. The molecule has 0 fully saturated rings. The number of hydrogen-bond acceptors (Lipinski definition) is 4. The number of thiazole rings is 1. The Kier molecular flexibility index (Phi) is 5.04. The molecular weight excluding hydrogens is 348 g/mol. The molecule has 134 valence electrons. The summed E-state index contributed by atoms with van der Waals surface area (Å²) < 4.78 is 7.64. The van der Waals surface area contributed by atoms with E-state index in [9.17, 15) is 9.59 Å². The van der Waals surface area contributed by atoms with Crippen LogP contribution in [0.5, 0.6) is 0 Å². The van der Waals surface area contributed by atoms with Crippen LogP contribution in [0.3, 0.4) is 0 Å². The predicted molar refractivity (Wildman–Crippen MR) is 103 cm³/mol. The topological polar surface area (TPSA) is 60.7 Å². The van der Waals surface area contributed by atoms with E-state index in [-0.39, 0.29) is 11.9 Å². The smallest absolute Gasteiger partial charge is 0.337 e. The number of carbonyl (C=O) groups excluding carboxylic acids is 2. The van der Waals surface area contributed by atoms with Gasteiger partial charge in [0.05, 0.1) is 22.9 Å². The number of ether oxygens (including phenoxy) is 1. The van der Waals surface area contributed by atoms with Crippen molar-refractivity contribution >= 4 is 33.4 Å². The van der Waals surface area contributed by atoms with Gasteiger partial charge in [-0.15, -0.1) is 0 Å². The lowest BCUT2D eigenvalue weighted by Crippen LogP contribution is -2.16. The van der Waals surface area contributed by atoms with Crippen molar-refractivity contribution in [2.45, 2.75) is 27.3 Å². The van der Waals surface area contributed by atoms with E-state index in [0.717, 1.165) is 21.3 Å². The third kappa shape index (κ3) is 3.32. The molecule has 0 N–H and O–H groups in total. The van der Waals surface area contributed by atoms with Crippen LogP contribution in [-0.4, -0.2) is 23.6 Å². The van der Waals surface area contributed by atoms with E-state index in [2.05, 4.69) is 4.99 Å². The van der Waals surface area contributed by atoms with Crippen molar-refractivity contribution in [1.82, 2.24) is 4.57 Å². The highest BCUT2D eigenvalue weighted by Gasteiger charge is 2.13. The minimum Gasteiger partial charge on any atom is -0.465 e. The van der Waals surface area contributed by atoms with Gasteiger partial charge in [-0.3, -0.25) is 4.79 Å². The number of esters is 1. The first-order valence-corrected chi connectivity index (χ1v) is 9.14. The lowest BCUT2D eigenvalue weighted by Gasteiger charge is -2.03. The molecule has 0 unspecified atom stereocenters. The number of carbonyl (C=O) groups is 2. The molecule has 0 spiro atoms. The van der Waals surface area contributed by atoms with Crippen LogP contribution in [0.4, 0.5) is 0 Å². The predicted octanol–water partition coefficient (Wildman–Crippen LogP) is 3.87. The molecule has 0 aliphatic carbocycles. The fourth-order valence-electron chi connectivity index (χ4n) is 2.82. The number of nitrogens with zero attached hydrogens (tertiary/aromatic N) is 2. The maximum atomic E-state index is 12.7. The van der Waals surface area contributed by atoms with Gasteiger partial charge >= 0.3 is 5.97 Å². The van der Waals surface area contributed by atoms with E-state index < -0.39 is 0 Å². The van der Waals surface area contributed by atoms with Crippen LogP contribution >= 0.6 is 11.3 Å². The lowest BCUT2D eigenvalue weighted by atomic mass is 10.1. The number of amides is 1. The molecule has 0 bridgehead atoms. The number of aromatic nitrogens is 1. The van der Waals surface area contributed by atoms with Gasteiger partial charge in [-0.2, -0.15) is 4.99 Å². The molecule has 1 heterocycles. The summed E-state index contributed by atoms with van der Waals surface area (Å²) in [6.45, 7) is 6.54. The number of methoxy groups -OCH3 is 1. The fraction of sp³-hybridized carbons (Fsp3) is 0.250. The Balaban J connectivity index is 2.14. The number of benzene rings is 2. The lowest BCUT2D eigenvalue weighted by molar-refractivity contribution is 0.0601. The molecular formula is C20H20N2O3S. The van der Waals surface area contributed by atoms with Crippen LogP contribution in [0.25, 0.3) is 10.2 Å². The van der Waals surface area contributed by atoms with Gasteiger partial charge in [-0.1, -0.05) is 29.0 Å². The molecule has 0 aliphatic heterocycles. The second-order valence-electron chi connectivity index (χ2n) is 6.04. The highest BCUT2D eigenvalue weighted by atomic mass is 32.1. The summed E-state index contributed by atoms with van der Waals surface area (Å²) in [5, 5.41) is 0. The Morgan fingerprint density at radius 1 is 1.15 bits per heavy atom. The molecule has 0 saturated carbocycles. The molecule has 2 aromatic carbocycles. The van der Waals surface area contributed by atoms with Gasteiger partial charge in [-0.05, 0) is 50.6 Å². The minimum absolute atomic E-state index is 0.256. The van der Waals surface area contributed by atoms with E-state index >= 15 is 0 Å². The van der Waals surface area contributed by atoms with Crippen LogP contribution in [0.1, 0.15) is 38.8 Å². The zero-order chi connectivity index (χ0) is 18.8. The Hall–Kier alpha value is -2.73. The second kappa shape index (κ2) is 7.25. The summed E-state index contributed by atoms with van der Waals surface area (Å²) in [5.74, 6) is -0.638. The SMILES string of the molecule is CCn1c(=NC(=O)c2cc(C)ccc2C)sc2cc(C(=O)OC)ccc21. The monoisotopic (exact) mass is 368 g/mol. The van der Waals surface area contributed by atoms with Crippen LogP contribution in [-0.2, 0) is 11.3 Å². The molecule has 0 radical (unpaired) electrons. The summed E-state index contributed by atoms with van der Waals surface area (Å²) >= 11 is 1.39. The number of hydrogen-bond donors (Lipinski definition) is 0. The zero-order valence-electron chi connectivity index (χ0n) is 15.2. The fourth-order valence-corrected chi connectivity index (χ4v) is 3.95. The van der Waals surface area contributed by atoms with Crippen molar-refractivity contribution in [2.24, 2.45) is 4.99 Å². The van der Waals surface area contributed by atoms with E-state index in [1.165, 1.54) is 18.4 Å². The van der Waals surface area contributed by atoms with Crippen molar-refractivity contribution in [2.75, 3.05) is 7.11 Å². The van der Waals surface area contributed by atoms with Crippen LogP contribution in [0, 0.1) is 13.8 Å². The third-order valence-electron chi connectivity index (χ3n) is 4.24. The average molecular weight is 368 g/mol. The van der Waals surface area contributed by atoms with Crippen molar-refractivity contribution in [3.63, 3.8) is 0 Å². The van der Waals surface area contributed by atoms with E-state index in [1.54, 1.807) is 12.1 Å². The largest absolute Gasteiger partial charge is 0.465 e. The summed E-state index contributed by atoms with van der Waals surface area (Å²) in [6.07, 6.45) is 0. The minimum atomic E-state index is -0.381. The molecule has 1 amide bonds. The second-order valence-corrected chi connectivity index (χ2v) is 7.05. The highest BCUT2D eigenvalue weighted by Crippen LogP contribution is 2.20. The molecule has 5 nitrogen and oxygen atoms in total. The van der Waals surface area contributed by atoms with E-state index in [4.69, 9.17) is 4.74 Å². The van der Waals surface area contributed by atoms with E-state index in [1.807, 2.05) is 49.6 Å². The van der Waals surface area contributed by atoms with E-state index in [0.29, 0.717) is 22.5 Å². The van der Waals surface area contributed by atoms with Crippen molar-refractivity contribution < 1.29 is 14.3 Å². The van der Waals surface area contributed by atoms with Crippen molar-refractivity contribution in [1.29, 1.82) is 0 Å². The first-order chi connectivity index (χ1) is 12.4. The highest BCUT2D eigenvalue weighted by molar-refractivity contribution is 7.16. The normalized spacial score (nSPS) is 11.8. The zero-order valence-corrected chi connectivity index (χ0v) is 16.0. The number of aryl methyl sites for hydroxylation is 3. The van der Waals surface area contributed by atoms with Crippen molar-refractivity contribution in [3.8, 4) is 0 Å². The maximum absolute atomic E-state index is 12.7. The van der Waals surface area contributed by atoms with Crippen LogP contribution in [0.15, 0.2) is 41.4 Å². The number of fused-ring (bicyclic) bond motifs is 1. The van der Waals surface area contributed by atoms with Gasteiger partial charge in [0.25, 0.3) is 5.91 Å². The van der Waals surface area contributed by atoms with Gasteiger partial charge in [-0.25, -0.2) is 4.79 Å².